The molecular formula is C18H28N2O3. The summed E-state index contributed by atoms with van der Waals surface area (Å²) >= 11 is 0. The highest BCUT2D eigenvalue weighted by Crippen LogP contribution is 2.28. The van der Waals surface area contributed by atoms with Crippen LogP contribution in [-0.4, -0.2) is 42.9 Å². The first-order chi connectivity index (χ1) is 10.8. The molecule has 1 N–H and O–H groups in total. The molecule has 1 aliphatic heterocycles. The predicted octanol–water partition coefficient (Wildman–Crippen LogP) is 3.43. The van der Waals surface area contributed by atoms with Gasteiger partial charge in [-0.25, -0.2) is 4.79 Å². The molecule has 128 valence electrons. The van der Waals surface area contributed by atoms with Crippen LogP contribution in [0.2, 0.25) is 0 Å². The Morgan fingerprint density at radius 1 is 1.39 bits per heavy atom. The largest absolute Gasteiger partial charge is 0.444 e. The van der Waals surface area contributed by atoms with Crippen LogP contribution in [-0.2, 0) is 22.4 Å². The first-order valence-corrected chi connectivity index (χ1v) is 8.14. The first-order valence-electron chi connectivity index (χ1n) is 8.14. The molecule has 0 radical (unpaired) electrons. The Morgan fingerprint density at radius 3 is 2.78 bits per heavy atom. The van der Waals surface area contributed by atoms with Crippen LogP contribution < -0.4 is 5.32 Å². The van der Waals surface area contributed by atoms with E-state index in [0.29, 0.717) is 19.7 Å². The predicted molar refractivity (Wildman–Crippen MR) is 91.8 cm³/mol. The monoisotopic (exact) mass is 320 g/mol. The lowest BCUT2D eigenvalue weighted by atomic mass is 9.98. The van der Waals surface area contributed by atoms with E-state index < -0.39 is 5.60 Å². The SMILES string of the molecule is COCC(C)Nc1cccc2c1CN(C(=O)OC(C)(C)C)CC2. The summed E-state index contributed by atoms with van der Waals surface area (Å²) in [6, 6.07) is 6.46. The molecule has 1 aromatic carbocycles. The number of nitrogens with zero attached hydrogens (tertiary/aromatic N) is 1. The van der Waals surface area contributed by atoms with Crippen LogP contribution in [0.15, 0.2) is 18.2 Å². The minimum absolute atomic E-state index is 0.211. The van der Waals surface area contributed by atoms with Crippen molar-refractivity contribution in [3.63, 3.8) is 0 Å². The van der Waals surface area contributed by atoms with Crippen molar-refractivity contribution < 1.29 is 14.3 Å². The molecule has 1 heterocycles. The Balaban J connectivity index is 2.13. The fourth-order valence-corrected chi connectivity index (χ4v) is 2.76. The third-order valence-electron chi connectivity index (χ3n) is 3.74. The lowest BCUT2D eigenvalue weighted by molar-refractivity contribution is 0.0224. The lowest BCUT2D eigenvalue weighted by Crippen LogP contribution is -2.40. The van der Waals surface area contributed by atoms with Crippen molar-refractivity contribution in [3.05, 3.63) is 29.3 Å². The number of rotatable bonds is 4. The summed E-state index contributed by atoms with van der Waals surface area (Å²) in [6.07, 6.45) is 0.603. The molecule has 5 heteroatoms. The molecule has 2 rings (SSSR count). The average Bonchev–Trinajstić information content (AvgIpc) is 2.45. The van der Waals surface area contributed by atoms with Gasteiger partial charge < -0.3 is 19.7 Å². The summed E-state index contributed by atoms with van der Waals surface area (Å²) in [5.41, 5.74) is 3.06. The molecule has 0 fully saturated rings. The molecule has 23 heavy (non-hydrogen) atoms. The van der Waals surface area contributed by atoms with Gasteiger partial charge in [0.05, 0.1) is 13.2 Å². The molecule has 1 amide bonds. The molecule has 1 atom stereocenters. The maximum Gasteiger partial charge on any atom is 0.410 e. The van der Waals surface area contributed by atoms with Gasteiger partial charge >= 0.3 is 6.09 Å². The zero-order chi connectivity index (χ0) is 17.0. The molecule has 0 saturated carbocycles. The Bertz CT molecular complexity index is 552. The van der Waals surface area contributed by atoms with Crippen molar-refractivity contribution in [3.8, 4) is 0 Å². The highest BCUT2D eigenvalue weighted by atomic mass is 16.6. The number of fused-ring (bicyclic) bond motifs is 1. The van der Waals surface area contributed by atoms with Gasteiger partial charge in [0.2, 0.25) is 0 Å². The van der Waals surface area contributed by atoms with E-state index in [1.807, 2.05) is 20.8 Å². The number of amides is 1. The van der Waals surface area contributed by atoms with Crippen LogP contribution >= 0.6 is 0 Å². The van der Waals surface area contributed by atoms with Crippen LogP contribution in [0.25, 0.3) is 0 Å². The highest BCUT2D eigenvalue weighted by molar-refractivity contribution is 5.70. The Morgan fingerprint density at radius 2 is 2.13 bits per heavy atom. The summed E-state index contributed by atoms with van der Waals surface area (Å²) in [6.45, 7) is 9.66. The van der Waals surface area contributed by atoms with Gasteiger partial charge in [-0.2, -0.15) is 0 Å². The van der Waals surface area contributed by atoms with Gasteiger partial charge in [-0.1, -0.05) is 12.1 Å². The maximum atomic E-state index is 12.3. The second-order valence-corrected chi connectivity index (χ2v) is 7.10. The van der Waals surface area contributed by atoms with Gasteiger partial charge in [0.25, 0.3) is 0 Å². The number of benzene rings is 1. The van der Waals surface area contributed by atoms with Crippen LogP contribution in [0.5, 0.6) is 0 Å². The lowest BCUT2D eigenvalue weighted by Gasteiger charge is -2.32. The Labute approximate surface area is 139 Å². The van der Waals surface area contributed by atoms with Crippen molar-refractivity contribution in [2.24, 2.45) is 0 Å². The molecule has 0 bridgehead atoms. The quantitative estimate of drug-likeness (QED) is 0.923. The third-order valence-corrected chi connectivity index (χ3v) is 3.74. The smallest absolute Gasteiger partial charge is 0.410 e. The average molecular weight is 320 g/mol. The number of carbonyl (C=O) groups excluding carboxylic acids is 1. The molecule has 0 saturated heterocycles. The number of methoxy groups -OCH3 is 1. The van der Waals surface area contributed by atoms with E-state index in [9.17, 15) is 4.79 Å². The van der Waals surface area contributed by atoms with Gasteiger partial charge in [-0.3, -0.25) is 0 Å². The van der Waals surface area contributed by atoms with Gasteiger partial charge in [0.15, 0.2) is 0 Å². The third kappa shape index (κ3) is 4.86. The molecule has 0 aliphatic carbocycles. The zero-order valence-corrected chi connectivity index (χ0v) is 14.8. The molecule has 1 aliphatic rings. The molecular weight excluding hydrogens is 292 g/mol. The van der Waals surface area contributed by atoms with Crippen molar-refractivity contribution in [2.45, 2.75) is 52.3 Å². The number of ether oxygens (including phenoxy) is 2. The topological polar surface area (TPSA) is 50.8 Å². The Hall–Kier alpha value is -1.75. The van der Waals surface area contributed by atoms with Crippen LogP contribution in [0.1, 0.15) is 38.8 Å². The first kappa shape index (κ1) is 17.6. The van der Waals surface area contributed by atoms with Crippen LogP contribution in [0.4, 0.5) is 10.5 Å². The Kier molecular flexibility index (Phi) is 5.52. The van der Waals surface area contributed by atoms with Crippen molar-refractivity contribution in [1.82, 2.24) is 4.90 Å². The van der Waals surface area contributed by atoms with Gasteiger partial charge in [-0.05, 0) is 51.3 Å². The normalized spacial score (nSPS) is 15.8. The van der Waals surface area contributed by atoms with Crippen LogP contribution in [0.3, 0.4) is 0 Å². The molecule has 1 aromatic rings. The maximum absolute atomic E-state index is 12.3. The second-order valence-electron chi connectivity index (χ2n) is 7.10. The fourth-order valence-electron chi connectivity index (χ4n) is 2.76. The number of anilines is 1. The molecule has 1 unspecified atom stereocenters. The number of nitrogens with one attached hydrogen (secondary N) is 1. The minimum Gasteiger partial charge on any atom is -0.444 e. The standard InChI is InChI=1S/C18H28N2O3/c1-13(12-22-5)19-16-8-6-7-14-9-10-20(11-15(14)16)17(21)23-18(2,3)4/h6-8,13,19H,9-12H2,1-5H3. The summed E-state index contributed by atoms with van der Waals surface area (Å²) < 4.78 is 10.7. The summed E-state index contributed by atoms with van der Waals surface area (Å²) in [4.78, 5) is 14.1. The van der Waals surface area contributed by atoms with Gasteiger partial charge in [-0.15, -0.1) is 0 Å². The van der Waals surface area contributed by atoms with E-state index in [4.69, 9.17) is 9.47 Å². The van der Waals surface area contributed by atoms with E-state index in [1.54, 1.807) is 12.0 Å². The highest BCUT2D eigenvalue weighted by Gasteiger charge is 2.27. The van der Waals surface area contributed by atoms with E-state index in [0.717, 1.165) is 12.1 Å². The zero-order valence-electron chi connectivity index (χ0n) is 14.8. The molecule has 0 spiro atoms. The van der Waals surface area contributed by atoms with E-state index in [-0.39, 0.29) is 12.1 Å². The minimum atomic E-state index is -0.470. The van der Waals surface area contributed by atoms with Gasteiger partial charge in [0.1, 0.15) is 5.60 Å². The van der Waals surface area contributed by atoms with E-state index in [2.05, 4.69) is 30.4 Å². The summed E-state index contributed by atoms with van der Waals surface area (Å²) in [7, 11) is 1.70. The van der Waals surface area contributed by atoms with E-state index >= 15 is 0 Å². The molecule has 0 aromatic heterocycles. The van der Waals surface area contributed by atoms with Gasteiger partial charge in [0, 0.05) is 25.4 Å². The molecule has 5 nitrogen and oxygen atoms in total. The van der Waals surface area contributed by atoms with Crippen molar-refractivity contribution in [1.29, 1.82) is 0 Å². The fraction of sp³-hybridized carbons (Fsp3) is 0.611. The number of carbonyl (C=O) groups is 1. The summed E-state index contributed by atoms with van der Waals surface area (Å²) in [5, 5.41) is 3.47. The van der Waals surface area contributed by atoms with Crippen LogP contribution in [0, 0.1) is 0 Å². The van der Waals surface area contributed by atoms with Crippen molar-refractivity contribution >= 4 is 11.8 Å². The summed E-state index contributed by atoms with van der Waals surface area (Å²) in [5.74, 6) is 0. The number of hydrogen-bond donors (Lipinski definition) is 1. The van der Waals surface area contributed by atoms with Crippen molar-refractivity contribution in [2.75, 3.05) is 25.6 Å². The second kappa shape index (κ2) is 7.21. The number of hydrogen-bond acceptors (Lipinski definition) is 4. The van der Waals surface area contributed by atoms with E-state index in [1.165, 1.54) is 11.1 Å².